The molecule has 0 saturated heterocycles. The minimum atomic E-state index is -0.349. The molecular formula is C12H24N2O. The van der Waals surface area contributed by atoms with Crippen LogP contribution in [0.1, 0.15) is 46.5 Å². The van der Waals surface area contributed by atoms with E-state index in [1.165, 1.54) is 12.8 Å². The second-order valence-electron chi connectivity index (χ2n) is 4.85. The lowest BCUT2D eigenvalue weighted by Crippen LogP contribution is -2.47. The third kappa shape index (κ3) is 2.71. The molecule has 1 aliphatic rings. The van der Waals surface area contributed by atoms with Crippen LogP contribution in [0.25, 0.3) is 0 Å². The predicted octanol–water partition coefficient (Wildman–Crippen LogP) is 1.76. The Balaban J connectivity index is 2.69. The molecule has 1 unspecified atom stereocenters. The Hall–Kier alpha value is -0.570. The molecule has 0 aromatic rings. The van der Waals surface area contributed by atoms with Gasteiger partial charge in [0.05, 0.1) is 5.41 Å². The summed E-state index contributed by atoms with van der Waals surface area (Å²) in [6.07, 6.45) is 4.22. The van der Waals surface area contributed by atoms with Crippen LogP contribution >= 0.6 is 0 Å². The third-order valence-electron chi connectivity index (χ3n) is 3.46. The van der Waals surface area contributed by atoms with Crippen LogP contribution < -0.4 is 5.73 Å². The second-order valence-corrected chi connectivity index (χ2v) is 4.85. The fourth-order valence-electron chi connectivity index (χ4n) is 1.81. The molecule has 0 spiro atoms. The molecule has 0 aromatic heterocycles. The minimum Gasteiger partial charge on any atom is -0.339 e. The van der Waals surface area contributed by atoms with E-state index in [0.29, 0.717) is 12.6 Å². The van der Waals surface area contributed by atoms with Crippen molar-refractivity contribution in [2.45, 2.75) is 52.5 Å². The van der Waals surface area contributed by atoms with E-state index in [1.54, 1.807) is 0 Å². The first-order valence-corrected chi connectivity index (χ1v) is 6.10. The molecule has 1 saturated carbocycles. The number of nitrogens with two attached hydrogens (primary N) is 1. The van der Waals surface area contributed by atoms with E-state index in [9.17, 15) is 4.79 Å². The summed E-state index contributed by atoms with van der Waals surface area (Å²) in [5.41, 5.74) is 5.38. The van der Waals surface area contributed by atoms with Gasteiger partial charge in [0.2, 0.25) is 5.91 Å². The van der Waals surface area contributed by atoms with Crippen molar-refractivity contribution in [3.63, 3.8) is 0 Å². The number of rotatable bonds is 6. The van der Waals surface area contributed by atoms with Crippen molar-refractivity contribution >= 4 is 5.91 Å². The smallest absolute Gasteiger partial charge is 0.230 e. The van der Waals surface area contributed by atoms with Crippen molar-refractivity contribution in [3.05, 3.63) is 0 Å². The second kappa shape index (κ2) is 4.97. The highest BCUT2D eigenvalue weighted by Gasteiger charge is 2.39. The number of hydrogen-bond acceptors (Lipinski definition) is 2. The molecule has 1 aliphatic carbocycles. The van der Waals surface area contributed by atoms with E-state index in [2.05, 4.69) is 11.8 Å². The summed E-state index contributed by atoms with van der Waals surface area (Å²) in [4.78, 5) is 14.4. The van der Waals surface area contributed by atoms with Gasteiger partial charge >= 0.3 is 0 Å². The molecule has 1 rings (SSSR count). The summed E-state index contributed by atoms with van der Waals surface area (Å²) < 4.78 is 0. The van der Waals surface area contributed by atoms with Crippen LogP contribution in [-0.2, 0) is 4.79 Å². The van der Waals surface area contributed by atoms with Crippen LogP contribution in [-0.4, -0.2) is 29.9 Å². The van der Waals surface area contributed by atoms with E-state index < -0.39 is 0 Å². The van der Waals surface area contributed by atoms with Crippen molar-refractivity contribution in [1.29, 1.82) is 0 Å². The third-order valence-corrected chi connectivity index (χ3v) is 3.46. The van der Waals surface area contributed by atoms with Gasteiger partial charge in [0.1, 0.15) is 0 Å². The highest BCUT2D eigenvalue weighted by molar-refractivity contribution is 5.83. The average Bonchev–Trinajstić information content (AvgIpc) is 3.07. The van der Waals surface area contributed by atoms with Gasteiger partial charge in [0, 0.05) is 19.1 Å². The van der Waals surface area contributed by atoms with Gasteiger partial charge in [-0.05, 0) is 32.6 Å². The van der Waals surface area contributed by atoms with E-state index in [1.807, 2.05) is 13.8 Å². The molecule has 3 heteroatoms. The fraction of sp³-hybridized carbons (Fsp3) is 0.917. The summed E-state index contributed by atoms with van der Waals surface area (Å²) in [5, 5.41) is 0. The summed E-state index contributed by atoms with van der Waals surface area (Å²) >= 11 is 0. The molecular weight excluding hydrogens is 188 g/mol. The van der Waals surface area contributed by atoms with Crippen LogP contribution in [0, 0.1) is 5.41 Å². The molecule has 1 atom stereocenters. The number of nitrogens with zero attached hydrogens (tertiary/aromatic N) is 1. The standard InChI is InChI=1S/C12H24N2O/c1-4-8-14(10-6-7-10)11(15)12(3,5-2)9-13/h10H,4-9,13H2,1-3H3. The molecule has 0 heterocycles. The maximum absolute atomic E-state index is 12.3. The molecule has 15 heavy (non-hydrogen) atoms. The molecule has 0 aliphatic heterocycles. The first-order valence-electron chi connectivity index (χ1n) is 6.10. The lowest BCUT2D eigenvalue weighted by Gasteiger charge is -2.33. The zero-order valence-electron chi connectivity index (χ0n) is 10.3. The Morgan fingerprint density at radius 3 is 2.40 bits per heavy atom. The first kappa shape index (κ1) is 12.5. The van der Waals surface area contributed by atoms with E-state index >= 15 is 0 Å². The number of carbonyl (C=O) groups excluding carboxylic acids is 1. The van der Waals surface area contributed by atoms with E-state index in [-0.39, 0.29) is 11.3 Å². The lowest BCUT2D eigenvalue weighted by molar-refractivity contribution is -0.141. The minimum absolute atomic E-state index is 0.261. The average molecular weight is 212 g/mol. The quantitative estimate of drug-likeness (QED) is 0.729. The maximum Gasteiger partial charge on any atom is 0.230 e. The molecule has 0 aromatic carbocycles. The topological polar surface area (TPSA) is 46.3 Å². The van der Waals surface area contributed by atoms with Crippen LogP contribution in [0.2, 0.25) is 0 Å². The summed E-state index contributed by atoms with van der Waals surface area (Å²) in [6.45, 7) is 7.49. The molecule has 0 bridgehead atoms. The Bertz CT molecular complexity index is 220. The predicted molar refractivity (Wildman–Crippen MR) is 62.5 cm³/mol. The monoisotopic (exact) mass is 212 g/mol. The van der Waals surface area contributed by atoms with Gasteiger partial charge in [-0.3, -0.25) is 4.79 Å². The highest BCUT2D eigenvalue weighted by atomic mass is 16.2. The molecule has 1 fully saturated rings. The van der Waals surface area contributed by atoms with Gasteiger partial charge in [-0.1, -0.05) is 13.8 Å². The molecule has 1 amide bonds. The normalized spacial score (nSPS) is 19.7. The SMILES string of the molecule is CCCN(C(=O)C(C)(CC)CN)C1CC1. The molecule has 3 nitrogen and oxygen atoms in total. The van der Waals surface area contributed by atoms with Crippen molar-refractivity contribution in [2.75, 3.05) is 13.1 Å². The Morgan fingerprint density at radius 2 is 2.07 bits per heavy atom. The van der Waals surface area contributed by atoms with Crippen molar-refractivity contribution in [2.24, 2.45) is 11.1 Å². The van der Waals surface area contributed by atoms with Gasteiger partial charge in [-0.25, -0.2) is 0 Å². The number of hydrogen-bond donors (Lipinski definition) is 1. The van der Waals surface area contributed by atoms with Gasteiger partial charge in [-0.2, -0.15) is 0 Å². The Kier molecular flexibility index (Phi) is 4.14. The number of carbonyl (C=O) groups is 1. The lowest BCUT2D eigenvalue weighted by atomic mass is 9.86. The summed E-state index contributed by atoms with van der Waals surface area (Å²) in [5.74, 6) is 0.261. The molecule has 88 valence electrons. The van der Waals surface area contributed by atoms with Crippen molar-refractivity contribution in [3.8, 4) is 0 Å². The van der Waals surface area contributed by atoms with Crippen LogP contribution in [0.3, 0.4) is 0 Å². The maximum atomic E-state index is 12.3. The van der Waals surface area contributed by atoms with Gasteiger partial charge in [0.15, 0.2) is 0 Å². The first-order chi connectivity index (χ1) is 7.09. The summed E-state index contributed by atoms with van der Waals surface area (Å²) in [7, 11) is 0. The van der Waals surface area contributed by atoms with Crippen LogP contribution in [0.4, 0.5) is 0 Å². The Morgan fingerprint density at radius 1 is 1.47 bits per heavy atom. The molecule has 2 N–H and O–H groups in total. The molecule has 0 radical (unpaired) electrons. The zero-order chi connectivity index (χ0) is 11.5. The van der Waals surface area contributed by atoms with Crippen LogP contribution in [0.5, 0.6) is 0 Å². The highest BCUT2D eigenvalue weighted by Crippen LogP contribution is 2.32. The van der Waals surface area contributed by atoms with Crippen molar-refractivity contribution in [1.82, 2.24) is 4.90 Å². The zero-order valence-corrected chi connectivity index (χ0v) is 10.3. The largest absolute Gasteiger partial charge is 0.339 e. The fourth-order valence-corrected chi connectivity index (χ4v) is 1.81. The number of amides is 1. The van der Waals surface area contributed by atoms with Crippen LogP contribution in [0.15, 0.2) is 0 Å². The Labute approximate surface area is 93.0 Å². The summed E-state index contributed by atoms with van der Waals surface area (Å²) in [6, 6.07) is 0.509. The van der Waals surface area contributed by atoms with Gasteiger partial charge < -0.3 is 10.6 Å². The van der Waals surface area contributed by atoms with Crippen molar-refractivity contribution < 1.29 is 4.79 Å². The van der Waals surface area contributed by atoms with Gasteiger partial charge in [-0.15, -0.1) is 0 Å². The van der Waals surface area contributed by atoms with E-state index in [0.717, 1.165) is 19.4 Å². The van der Waals surface area contributed by atoms with E-state index in [4.69, 9.17) is 5.73 Å². The van der Waals surface area contributed by atoms with Gasteiger partial charge in [0.25, 0.3) is 0 Å².